The van der Waals surface area contributed by atoms with E-state index in [1.165, 1.54) is 12.8 Å². The Morgan fingerprint density at radius 1 is 1.62 bits per heavy atom. The molecular formula is C8H15. The van der Waals surface area contributed by atoms with Crippen LogP contribution in [0.3, 0.4) is 0 Å². The first-order valence-electron chi connectivity index (χ1n) is 3.30. The molecule has 0 aromatic carbocycles. The van der Waals surface area contributed by atoms with Gasteiger partial charge in [0, 0.05) is 0 Å². The number of hydrogen-bond acceptors (Lipinski definition) is 0. The van der Waals surface area contributed by atoms with Crippen LogP contribution in [0, 0.1) is 12.0 Å². The Kier molecular flexibility index (Phi) is 4.73. The molecule has 47 valence electrons. The molecule has 0 aliphatic rings. The standard InChI is InChI=1S/C8H15/c1-4-6-7-8(3)5-2/h6,8H,5,7H2,1-3H3. The summed E-state index contributed by atoms with van der Waals surface area (Å²) in [6.45, 7) is 6.42. The summed E-state index contributed by atoms with van der Waals surface area (Å²) in [6, 6.07) is 0. The van der Waals surface area contributed by atoms with Gasteiger partial charge in [-0.1, -0.05) is 32.4 Å². The molecule has 1 radical (unpaired) electrons. The van der Waals surface area contributed by atoms with Gasteiger partial charge in [-0.25, -0.2) is 0 Å². The lowest BCUT2D eigenvalue weighted by Gasteiger charge is -2.00. The molecule has 0 nitrogen and oxygen atoms in total. The van der Waals surface area contributed by atoms with Crippen LogP contribution in [0.25, 0.3) is 0 Å². The highest BCUT2D eigenvalue weighted by atomic mass is 14.0. The quantitative estimate of drug-likeness (QED) is 0.525. The van der Waals surface area contributed by atoms with Crippen LogP contribution in [-0.4, -0.2) is 0 Å². The molecule has 0 aromatic heterocycles. The monoisotopic (exact) mass is 111 g/mol. The van der Waals surface area contributed by atoms with E-state index in [4.69, 9.17) is 0 Å². The highest BCUT2D eigenvalue weighted by Crippen LogP contribution is 2.05. The first kappa shape index (κ1) is 7.74. The van der Waals surface area contributed by atoms with Crippen LogP contribution in [0.5, 0.6) is 0 Å². The Hall–Kier alpha value is -0.260. The summed E-state index contributed by atoms with van der Waals surface area (Å²) in [5.74, 6) is 0.836. The molecule has 0 aliphatic carbocycles. The largest absolute Gasteiger partial charge is 0.0811 e. The molecule has 0 N–H and O–H groups in total. The Morgan fingerprint density at radius 2 is 2.25 bits per heavy atom. The van der Waals surface area contributed by atoms with E-state index >= 15 is 0 Å². The zero-order chi connectivity index (χ0) is 6.41. The van der Waals surface area contributed by atoms with Crippen molar-refractivity contribution in [2.75, 3.05) is 0 Å². The van der Waals surface area contributed by atoms with E-state index in [1.54, 1.807) is 0 Å². The van der Waals surface area contributed by atoms with Crippen molar-refractivity contribution in [3.05, 3.63) is 12.2 Å². The third-order valence-corrected chi connectivity index (χ3v) is 1.42. The third kappa shape index (κ3) is 3.91. The van der Waals surface area contributed by atoms with Crippen molar-refractivity contribution in [1.29, 1.82) is 0 Å². The van der Waals surface area contributed by atoms with Crippen LogP contribution < -0.4 is 0 Å². The number of hydrogen-bond donors (Lipinski definition) is 0. The average Bonchev–Trinajstić information content (AvgIpc) is 1.83. The van der Waals surface area contributed by atoms with Crippen molar-refractivity contribution in [3.63, 3.8) is 0 Å². The summed E-state index contributed by atoms with van der Waals surface area (Å²) in [4.78, 5) is 0. The topological polar surface area (TPSA) is 0 Å². The van der Waals surface area contributed by atoms with Gasteiger partial charge < -0.3 is 0 Å². The molecule has 0 spiro atoms. The Morgan fingerprint density at radius 3 is 2.62 bits per heavy atom. The number of rotatable bonds is 3. The predicted molar refractivity (Wildman–Crippen MR) is 37.6 cm³/mol. The van der Waals surface area contributed by atoms with Crippen LogP contribution in [-0.2, 0) is 0 Å². The van der Waals surface area contributed by atoms with Gasteiger partial charge in [-0.15, -0.1) is 0 Å². The van der Waals surface area contributed by atoms with Crippen LogP contribution in [0.1, 0.15) is 33.6 Å². The molecule has 0 fully saturated rings. The van der Waals surface area contributed by atoms with E-state index < -0.39 is 0 Å². The molecule has 0 aliphatic heterocycles. The SMILES string of the molecule is C/[C]=C\CC(C)CC. The Balaban J connectivity index is 3.10. The maximum Gasteiger partial charge on any atom is -0.0319 e. The van der Waals surface area contributed by atoms with E-state index in [1.807, 2.05) is 6.92 Å². The first-order chi connectivity index (χ1) is 3.81. The zero-order valence-electron chi connectivity index (χ0n) is 6.07. The summed E-state index contributed by atoms with van der Waals surface area (Å²) in [6.07, 6.45) is 7.58. The minimum atomic E-state index is 0.836. The van der Waals surface area contributed by atoms with Crippen molar-refractivity contribution in [1.82, 2.24) is 0 Å². The molecular weight excluding hydrogens is 96.1 g/mol. The van der Waals surface area contributed by atoms with Gasteiger partial charge in [0.25, 0.3) is 0 Å². The molecule has 0 saturated heterocycles. The van der Waals surface area contributed by atoms with Crippen molar-refractivity contribution in [2.45, 2.75) is 33.6 Å². The predicted octanol–water partition coefficient (Wildman–Crippen LogP) is 2.80. The van der Waals surface area contributed by atoms with Gasteiger partial charge in [-0.2, -0.15) is 0 Å². The lowest BCUT2D eigenvalue weighted by atomic mass is 10.1. The van der Waals surface area contributed by atoms with Gasteiger partial charge in [0.2, 0.25) is 0 Å². The van der Waals surface area contributed by atoms with Crippen LogP contribution in [0.4, 0.5) is 0 Å². The van der Waals surface area contributed by atoms with Crippen LogP contribution in [0.2, 0.25) is 0 Å². The fourth-order valence-electron chi connectivity index (χ4n) is 0.486. The van der Waals surface area contributed by atoms with E-state index in [2.05, 4.69) is 26.0 Å². The second kappa shape index (κ2) is 4.89. The maximum absolute atomic E-state index is 3.01. The molecule has 0 rings (SSSR count). The molecule has 0 amide bonds. The van der Waals surface area contributed by atoms with Crippen LogP contribution in [0.15, 0.2) is 6.08 Å². The fourth-order valence-corrected chi connectivity index (χ4v) is 0.486. The highest BCUT2D eigenvalue weighted by Gasteiger charge is 1.91. The fraction of sp³-hybridized carbons (Fsp3) is 0.750. The molecule has 1 atom stereocenters. The molecule has 0 saturated carbocycles. The van der Waals surface area contributed by atoms with Gasteiger partial charge in [0.15, 0.2) is 0 Å². The van der Waals surface area contributed by atoms with Gasteiger partial charge in [0.1, 0.15) is 0 Å². The molecule has 1 unspecified atom stereocenters. The lowest BCUT2D eigenvalue weighted by molar-refractivity contribution is 0.571. The zero-order valence-corrected chi connectivity index (χ0v) is 6.07. The Labute approximate surface area is 52.6 Å². The van der Waals surface area contributed by atoms with Crippen molar-refractivity contribution in [3.8, 4) is 0 Å². The van der Waals surface area contributed by atoms with E-state index in [0.29, 0.717) is 0 Å². The highest BCUT2D eigenvalue weighted by molar-refractivity contribution is 4.72. The summed E-state index contributed by atoms with van der Waals surface area (Å²) in [7, 11) is 0. The smallest absolute Gasteiger partial charge is 0.0319 e. The third-order valence-electron chi connectivity index (χ3n) is 1.42. The van der Waals surface area contributed by atoms with E-state index in [9.17, 15) is 0 Å². The van der Waals surface area contributed by atoms with Crippen molar-refractivity contribution in [2.24, 2.45) is 5.92 Å². The van der Waals surface area contributed by atoms with Gasteiger partial charge in [-0.3, -0.25) is 0 Å². The normalized spacial score (nSPS) is 14.9. The molecule has 0 aromatic rings. The van der Waals surface area contributed by atoms with E-state index in [0.717, 1.165) is 5.92 Å². The number of allylic oxidation sites excluding steroid dienone is 2. The van der Waals surface area contributed by atoms with E-state index in [-0.39, 0.29) is 0 Å². The van der Waals surface area contributed by atoms with Gasteiger partial charge in [-0.05, 0) is 19.3 Å². The first-order valence-corrected chi connectivity index (χ1v) is 3.30. The van der Waals surface area contributed by atoms with Gasteiger partial charge >= 0.3 is 0 Å². The molecule has 0 heterocycles. The second-order valence-corrected chi connectivity index (χ2v) is 2.24. The summed E-state index contributed by atoms with van der Waals surface area (Å²) in [5, 5.41) is 0. The van der Waals surface area contributed by atoms with Gasteiger partial charge in [0.05, 0.1) is 0 Å². The summed E-state index contributed by atoms with van der Waals surface area (Å²) in [5.41, 5.74) is 0. The molecule has 0 heteroatoms. The van der Waals surface area contributed by atoms with Crippen LogP contribution >= 0.6 is 0 Å². The van der Waals surface area contributed by atoms with Crippen molar-refractivity contribution >= 4 is 0 Å². The Bertz CT molecular complexity index is 62.4. The molecule has 8 heavy (non-hydrogen) atoms. The molecule has 0 bridgehead atoms. The summed E-state index contributed by atoms with van der Waals surface area (Å²) >= 11 is 0. The maximum atomic E-state index is 3.01. The minimum absolute atomic E-state index is 0.836. The van der Waals surface area contributed by atoms with Crippen molar-refractivity contribution < 1.29 is 0 Å². The minimum Gasteiger partial charge on any atom is -0.0811 e. The second-order valence-electron chi connectivity index (χ2n) is 2.24. The summed E-state index contributed by atoms with van der Waals surface area (Å²) < 4.78 is 0. The lowest BCUT2D eigenvalue weighted by Crippen LogP contribution is -1.87. The average molecular weight is 111 g/mol.